The summed E-state index contributed by atoms with van der Waals surface area (Å²) in [4.78, 5) is 33.3. The molecular weight excluding hydrogens is 520 g/mol. The van der Waals surface area contributed by atoms with Crippen LogP contribution in [0.3, 0.4) is 0 Å². The predicted molar refractivity (Wildman–Crippen MR) is 144 cm³/mol. The number of carbonyl (C=O) groups excluding carboxylic acids is 2. The van der Waals surface area contributed by atoms with Crippen molar-refractivity contribution in [3.05, 3.63) is 117 Å². The fourth-order valence-corrected chi connectivity index (χ4v) is 4.23. The Kier molecular flexibility index (Phi) is 7.80. The standard InChI is InChI=1S/C29H25BrN2O4/c1-4-35-29(34)24(17-22-11-8-12-23(30)16-22)20(3)36-31-27-25-15-19(2)13-14-26(25)32(28(27)33)18-21-9-6-5-7-10-21/h5-17H,3-4,18H2,1-2H3/b24-17+,31-27+. The molecule has 36 heavy (non-hydrogen) atoms. The van der Waals surface area contributed by atoms with Crippen molar-refractivity contribution in [1.29, 1.82) is 0 Å². The third-order valence-electron chi connectivity index (χ3n) is 5.53. The number of nitrogens with zero attached hydrogens (tertiary/aromatic N) is 2. The van der Waals surface area contributed by atoms with Crippen LogP contribution in [0.15, 0.2) is 100 Å². The van der Waals surface area contributed by atoms with Crippen LogP contribution in [0.4, 0.5) is 5.69 Å². The van der Waals surface area contributed by atoms with Gasteiger partial charge >= 0.3 is 5.97 Å². The quantitative estimate of drug-likeness (QED) is 0.111. The summed E-state index contributed by atoms with van der Waals surface area (Å²) in [5, 5.41) is 4.17. The zero-order chi connectivity index (χ0) is 25.7. The van der Waals surface area contributed by atoms with Gasteiger partial charge in [0.15, 0.2) is 11.5 Å². The molecule has 0 atom stereocenters. The highest BCUT2D eigenvalue weighted by atomic mass is 79.9. The van der Waals surface area contributed by atoms with Crippen LogP contribution in [0.25, 0.3) is 6.08 Å². The number of oxime groups is 1. The lowest BCUT2D eigenvalue weighted by Gasteiger charge is -2.17. The maximum atomic E-state index is 13.4. The third-order valence-corrected chi connectivity index (χ3v) is 6.03. The molecule has 182 valence electrons. The van der Waals surface area contributed by atoms with E-state index in [-0.39, 0.29) is 29.6 Å². The van der Waals surface area contributed by atoms with E-state index in [2.05, 4.69) is 27.7 Å². The number of anilines is 1. The molecule has 3 aromatic rings. The highest BCUT2D eigenvalue weighted by molar-refractivity contribution is 9.10. The molecular formula is C29H25BrN2O4. The van der Waals surface area contributed by atoms with E-state index in [1.807, 2.05) is 79.7 Å². The summed E-state index contributed by atoms with van der Waals surface area (Å²) in [6.07, 6.45) is 1.61. The number of esters is 1. The largest absolute Gasteiger partial charge is 0.462 e. The molecule has 0 saturated carbocycles. The monoisotopic (exact) mass is 544 g/mol. The maximum absolute atomic E-state index is 13.4. The molecule has 4 rings (SSSR count). The summed E-state index contributed by atoms with van der Waals surface area (Å²) in [5.41, 5.74) is 4.39. The zero-order valence-corrected chi connectivity index (χ0v) is 21.6. The van der Waals surface area contributed by atoms with Gasteiger partial charge in [0.25, 0.3) is 5.91 Å². The molecule has 0 saturated heterocycles. The topological polar surface area (TPSA) is 68.2 Å². The van der Waals surface area contributed by atoms with Crippen LogP contribution in [0.2, 0.25) is 0 Å². The van der Waals surface area contributed by atoms with Crippen molar-refractivity contribution in [3.63, 3.8) is 0 Å². The molecule has 0 unspecified atom stereocenters. The fraction of sp³-hybridized carbons (Fsp3) is 0.138. The van der Waals surface area contributed by atoms with E-state index in [9.17, 15) is 9.59 Å². The number of ether oxygens (including phenoxy) is 1. The Morgan fingerprint density at radius 3 is 2.58 bits per heavy atom. The number of aryl methyl sites for hydroxylation is 1. The molecule has 0 aliphatic carbocycles. The summed E-state index contributed by atoms with van der Waals surface area (Å²) in [6, 6.07) is 22.9. The third kappa shape index (κ3) is 5.63. The van der Waals surface area contributed by atoms with Crippen LogP contribution >= 0.6 is 15.9 Å². The van der Waals surface area contributed by atoms with Gasteiger partial charge in [-0.2, -0.15) is 0 Å². The first-order valence-electron chi connectivity index (χ1n) is 11.4. The number of carbonyl (C=O) groups is 2. The second kappa shape index (κ2) is 11.2. The molecule has 3 aromatic carbocycles. The van der Waals surface area contributed by atoms with Gasteiger partial charge in [-0.25, -0.2) is 4.79 Å². The Morgan fingerprint density at radius 2 is 1.86 bits per heavy atom. The van der Waals surface area contributed by atoms with Crippen molar-refractivity contribution in [3.8, 4) is 0 Å². The maximum Gasteiger partial charge on any atom is 0.342 e. The van der Waals surface area contributed by atoms with Crippen LogP contribution in [0.1, 0.15) is 29.2 Å². The van der Waals surface area contributed by atoms with Crippen LogP contribution < -0.4 is 4.90 Å². The van der Waals surface area contributed by atoms with Gasteiger partial charge in [0.05, 0.1) is 18.8 Å². The normalized spacial score (nSPS) is 14.1. The van der Waals surface area contributed by atoms with Crippen LogP contribution in [0.5, 0.6) is 0 Å². The lowest BCUT2D eigenvalue weighted by Crippen LogP contribution is -2.29. The second-order valence-electron chi connectivity index (χ2n) is 8.19. The van der Waals surface area contributed by atoms with Crippen molar-refractivity contribution < 1.29 is 19.2 Å². The van der Waals surface area contributed by atoms with Crippen LogP contribution in [-0.4, -0.2) is 24.2 Å². The van der Waals surface area contributed by atoms with Crippen molar-refractivity contribution in [2.75, 3.05) is 11.5 Å². The number of fused-ring (bicyclic) bond motifs is 1. The summed E-state index contributed by atoms with van der Waals surface area (Å²) in [5.74, 6) is -0.910. The van der Waals surface area contributed by atoms with E-state index in [1.165, 1.54) is 0 Å². The van der Waals surface area contributed by atoms with E-state index >= 15 is 0 Å². The molecule has 0 bridgehead atoms. The average molecular weight is 545 g/mol. The van der Waals surface area contributed by atoms with Crippen molar-refractivity contribution >= 4 is 45.3 Å². The molecule has 0 radical (unpaired) electrons. The molecule has 0 aromatic heterocycles. The molecule has 1 amide bonds. The minimum Gasteiger partial charge on any atom is -0.462 e. The van der Waals surface area contributed by atoms with Gasteiger partial charge in [0, 0.05) is 10.0 Å². The highest BCUT2D eigenvalue weighted by Crippen LogP contribution is 2.32. The van der Waals surface area contributed by atoms with E-state index in [0.717, 1.165) is 26.9 Å². The van der Waals surface area contributed by atoms with Gasteiger partial charge in [0.1, 0.15) is 5.57 Å². The summed E-state index contributed by atoms with van der Waals surface area (Å²) < 4.78 is 6.05. The first-order chi connectivity index (χ1) is 17.4. The summed E-state index contributed by atoms with van der Waals surface area (Å²) in [6.45, 7) is 8.14. The molecule has 6 nitrogen and oxygen atoms in total. The fourth-order valence-electron chi connectivity index (χ4n) is 3.81. The molecule has 0 spiro atoms. The molecule has 7 heteroatoms. The Morgan fingerprint density at radius 1 is 1.08 bits per heavy atom. The first kappa shape index (κ1) is 25.1. The second-order valence-corrected chi connectivity index (χ2v) is 9.10. The number of benzene rings is 3. The average Bonchev–Trinajstić information content (AvgIpc) is 3.11. The Labute approximate surface area is 218 Å². The minimum atomic E-state index is -0.595. The van der Waals surface area contributed by atoms with Crippen molar-refractivity contribution in [1.82, 2.24) is 0 Å². The molecule has 1 heterocycles. The number of amides is 1. The van der Waals surface area contributed by atoms with E-state index in [1.54, 1.807) is 17.9 Å². The molecule has 1 aliphatic heterocycles. The Bertz CT molecular complexity index is 1380. The smallest absolute Gasteiger partial charge is 0.342 e. The summed E-state index contributed by atoms with van der Waals surface area (Å²) in [7, 11) is 0. The number of rotatable bonds is 8. The van der Waals surface area contributed by atoms with Gasteiger partial charge in [-0.15, -0.1) is 0 Å². The van der Waals surface area contributed by atoms with E-state index < -0.39 is 5.97 Å². The SMILES string of the molecule is C=C(O/N=C1/C(=O)N(Cc2ccccc2)c2ccc(C)cc21)/C(=C\c1cccc(Br)c1)C(=O)OCC. The number of halogens is 1. The molecule has 0 fully saturated rings. The lowest BCUT2D eigenvalue weighted by molar-refractivity contribution is -0.138. The first-order valence-corrected chi connectivity index (χ1v) is 12.2. The Hall–Kier alpha value is -3.97. The van der Waals surface area contributed by atoms with E-state index in [0.29, 0.717) is 12.1 Å². The predicted octanol–water partition coefficient (Wildman–Crippen LogP) is 6.19. The number of hydrogen-bond acceptors (Lipinski definition) is 5. The lowest BCUT2D eigenvalue weighted by atomic mass is 10.1. The van der Waals surface area contributed by atoms with Crippen molar-refractivity contribution in [2.24, 2.45) is 5.16 Å². The van der Waals surface area contributed by atoms with Crippen LogP contribution in [-0.2, 0) is 25.7 Å². The molecule has 0 N–H and O–H groups in total. The van der Waals surface area contributed by atoms with Gasteiger partial charge < -0.3 is 14.5 Å². The van der Waals surface area contributed by atoms with Crippen molar-refractivity contribution in [2.45, 2.75) is 20.4 Å². The van der Waals surface area contributed by atoms with Gasteiger partial charge in [-0.05, 0) is 55.3 Å². The van der Waals surface area contributed by atoms with E-state index in [4.69, 9.17) is 9.57 Å². The minimum absolute atomic E-state index is 0.0237. The summed E-state index contributed by atoms with van der Waals surface area (Å²) >= 11 is 3.43. The van der Waals surface area contributed by atoms with Gasteiger partial charge in [-0.3, -0.25) is 4.79 Å². The highest BCUT2D eigenvalue weighted by Gasteiger charge is 2.35. The Balaban J connectivity index is 1.65. The van der Waals surface area contributed by atoms with Gasteiger partial charge in [-0.1, -0.05) is 81.8 Å². The molecule has 1 aliphatic rings. The van der Waals surface area contributed by atoms with Crippen LogP contribution in [0, 0.1) is 6.92 Å². The van der Waals surface area contributed by atoms with Gasteiger partial charge in [0.2, 0.25) is 0 Å². The zero-order valence-electron chi connectivity index (χ0n) is 20.0. The number of hydrogen-bond donors (Lipinski definition) is 0.